The fraction of sp³-hybridized carbons (Fsp3) is 0.852. The molecule has 4 nitrogen and oxygen atoms in total. The Labute approximate surface area is 192 Å². The highest BCUT2D eigenvalue weighted by Crippen LogP contribution is 2.20. The molecule has 1 saturated heterocycles. The Morgan fingerprint density at radius 2 is 1.42 bits per heavy atom. The van der Waals surface area contributed by atoms with E-state index in [1.807, 2.05) is 11.0 Å². The third-order valence-corrected chi connectivity index (χ3v) is 6.26. The van der Waals surface area contributed by atoms with E-state index in [1.54, 1.807) is 0 Å². The van der Waals surface area contributed by atoms with Gasteiger partial charge in [-0.1, -0.05) is 109 Å². The molecular weight excluding hydrogens is 386 g/mol. The van der Waals surface area contributed by atoms with Gasteiger partial charge in [-0.2, -0.15) is 0 Å². The van der Waals surface area contributed by atoms with E-state index < -0.39 is 0 Å². The second kappa shape index (κ2) is 19.4. The van der Waals surface area contributed by atoms with Gasteiger partial charge in [-0.3, -0.25) is 9.59 Å². The van der Waals surface area contributed by atoms with Gasteiger partial charge in [0.1, 0.15) is 0 Å². The zero-order valence-electron chi connectivity index (χ0n) is 20.5. The number of rotatable bonds is 20. The van der Waals surface area contributed by atoms with Gasteiger partial charge < -0.3 is 9.64 Å². The largest absolute Gasteiger partial charge is 0.465 e. The molecule has 0 aromatic carbocycles. The normalized spacial score (nSPS) is 16.5. The Hall–Kier alpha value is -1.32. The SMILES string of the molecule is CCC=CCCOC(=O)C1CC(=O)N(CCCCCCCCCCCCCCCC)C1. The van der Waals surface area contributed by atoms with Crippen LogP contribution in [0.25, 0.3) is 0 Å². The van der Waals surface area contributed by atoms with Crippen molar-refractivity contribution >= 4 is 11.9 Å². The molecule has 0 radical (unpaired) electrons. The van der Waals surface area contributed by atoms with E-state index in [0.29, 0.717) is 19.6 Å². The first-order valence-corrected chi connectivity index (χ1v) is 13.3. The second-order valence-electron chi connectivity index (χ2n) is 9.17. The van der Waals surface area contributed by atoms with E-state index in [1.165, 1.54) is 83.5 Å². The number of esters is 1. The molecular formula is C27H49NO3. The van der Waals surface area contributed by atoms with E-state index in [0.717, 1.165) is 25.8 Å². The van der Waals surface area contributed by atoms with Crippen LogP contribution in [0, 0.1) is 5.92 Å². The summed E-state index contributed by atoms with van der Waals surface area (Å²) >= 11 is 0. The van der Waals surface area contributed by atoms with Gasteiger partial charge in [0.15, 0.2) is 0 Å². The van der Waals surface area contributed by atoms with Gasteiger partial charge in [0.25, 0.3) is 0 Å². The predicted molar refractivity (Wildman–Crippen MR) is 130 cm³/mol. The van der Waals surface area contributed by atoms with Crippen LogP contribution < -0.4 is 0 Å². The Kier molecular flexibility index (Phi) is 17.3. The lowest BCUT2D eigenvalue weighted by atomic mass is 10.0. The maximum atomic E-state index is 12.2. The molecule has 1 aliphatic heterocycles. The number of allylic oxidation sites excluding steroid dienone is 1. The standard InChI is InChI=1S/C27H49NO3/c1-3-5-7-9-10-11-12-13-14-15-16-17-18-19-21-28-24-25(23-26(28)29)27(30)31-22-20-8-6-4-2/h6,8,25H,3-5,7,9-24H2,1-2H3. The van der Waals surface area contributed by atoms with E-state index in [2.05, 4.69) is 19.9 Å². The highest BCUT2D eigenvalue weighted by molar-refractivity contribution is 5.86. The Balaban J connectivity index is 1.94. The number of hydrogen-bond acceptors (Lipinski definition) is 3. The predicted octanol–water partition coefficient (Wildman–Crippen LogP) is 7.22. The summed E-state index contributed by atoms with van der Waals surface area (Å²) in [4.78, 5) is 26.2. The molecule has 1 atom stereocenters. The maximum absolute atomic E-state index is 12.2. The highest BCUT2D eigenvalue weighted by atomic mass is 16.5. The number of likely N-dealkylation sites (tertiary alicyclic amines) is 1. The van der Waals surface area contributed by atoms with Crippen molar-refractivity contribution in [1.29, 1.82) is 0 Å². The van der Waals surface area contributed by atoms with Crippen LogP contribution in [0.3, 0.4) is 0 Å². The Morgan fingerprint density at radius 1 is 0.871 bits per heavy atom. The molecule has 0 aliphatic carbocycles. The van der Waals surface area contributed by atoms with Gasteiger partial charge in [-0.05, 0) is 19.3 Å². The molecule has 0 aromatic heterocycles. The summed E-state index contributed by atoms with van der Waals surface area (Å²) in [5.74, 6) is -0.362. The minimum atomic E-state index is -0.269. The van der Waals surface area contributed by atoms with Crippen molar-refractivity contribution in [1.82, 2.24) is 4.90 Å². The maximum Gasteiger partial charge on any atom is 0.311 e. The lowest BCUT2D eigenvalue weighted by molar-refractivity contribution is -0.148. The van der Waals surface area contributed by atoms with Crippen molar-refractivity contribution in [3.8, 4) is 0 Å². The third-order valence-electron chi connectivity index (χ3n) is 6.26. The van der Waals surface area contributed by atoms with Crippen LogP contribution in [0.2, 0.25) is 0 Å². The summed E-state index contributed by atoms with van der Waals surface area (Å²) in [5.41, 5.74) is 0. The van der Waals surface area contributed by atoms with Gasteiger partial charge in [0.05, 0.1) is 12.5 Å². The summed E-state index contributed by atoms with van der Waals surface area (Å²) in [6, 6.07) is 0. The number of ether oxygens (including phenoxy) is 1. The molecule has 0 N–H and O–H groups in total. The van der Waals surface area contributed by atoms with Crippen molar-refractivity contribution in [2.75, 3.05) is 19.7 Å². The molecule has 31 heavy (non-hydrogen) atoms. The molecule has 1 amide bonds. The average Bonchev–Trinajstić information content (AvgIpc) is 3.14. The minimum absolute atomic E-state index is 0.113. The van der Waals surface area contributed by atoms with Crippen LogP contribution in [0.1, 0.15) is 123 Å². The summed E-state index contributed by atoms with van der Waals surface area (Å²) in [5, 5.41) is 0. The first-order chi connectivity index (χ1) is 15.2. The molecule has 0 spiro atoms. The summed E-state index contributed by atoms with van der Waals surface area (Å²) in [7, 11) is 0. The minimum Gasteiger partial charge on any atom is -0.465 e. The molecule has 1 unspecified atom stereocenters. The van der Waals surface area contributed by atoms with Crippen LogP contribution in [0.5, 0.6) is 0 Å². The molecule has 1 heterocycles. The van der Waals surface area contributed by atoms with Crippen LogP contribution in [-0.4, -0.2) is 36.5 Å². The van der Waals surface area contributed by atoms with Gasteiger partial charge in [-0.25, -0.2) is 0 Å². The monoisotopic (exact) mass is 435 g/mol. The fourth-order valence-electron chi connectivity index (χ4n) is 4.27. The second-order valence-corrected chi connectivity index (χ2v) is 9.17. The summed E-state index contributed by atoms with van der Waals surface area (Å²) in [6.45, 7) is 6.11. The number of carbonyl (C=O) groups is 2. The zero-order chi connectivity index (χ0) is 22.6. The van der Waals surface area contributed by atoms with Crippen molar-refractivity contribution in [3.63, 3.8) is 0 Å². The molecule has 1 rings (SSSR count). The van der Waals surface area contributed by atoms with Crippen molar-refractivity contribution < 1.29 is 14.3 Å². The summed E-state index contributed by atoms with van der Waals surface area (Å²) < 4.78 is 5.33. The number of unbranched alkanes of at least 4 members (excludes halogenated alkanes) is 13. The average molecular weight is 436 g/mol. The third kappa shape index (κ3) is 14.4. The molecule has 1 aliphatic rings. The molecule has 0 saturated carbocycles. The van der Waals surface area contributed by atoms with E-state index in [9.17, 15) is 9.59 Å². The first-order valence-electron chi connectivity index (χ1n) is 13.3. The van der Waals surface area contributed by atoms with Crippen LogP contribution in [0.4, 0.5) is 0 Å². The lowest BCUT2D eigenvalue weighted by Gasteiger charge is -2.16. The van der Waals surface area contributed by atoms with E-state index in [-0.39, 0.29) is 17.8 Å². The number of hydrogen-bond donors (Lipinski definition) is 0. The molecule has 180 valence electrons. The van der Waals surface area contributed by atoms with E-state index in [4.69, 9.17) is 4.74 Å². The molecule has 0 bridgehead atoms. The topological polar surface area (TPSA) is 46.6 Å². The molecule has 1 fully saturated rings. The van der Waals surface area contributed by atoms with Crippen molar-refractivity contribution in [2.24, 2.45) is 5.92 Å². The van der Waals surface area contributed by atoms with Gasteiger partial charge >= 0.3 is 5.97 Å². The molecule has 4 heteroatoms. The Morgan fingerprint density at radius 3 is 1.97 bits per heavy atom. The van der Waals surface area contributed by atoms with E-state index >= 15 is 0 Å². The molecule has 0 aromatic rings. The fourth-order valence-corrected chi connectivity index (χ4v) is 4.27. The Bertz CT molecular complexity index is 489. The highest BCUT2D eigenvalue weighted by Gasteiger charge is 2.34. The van der Waals surface area contributed by atoms with Gasteiger partial charge in [0, 0.05) is 19.5 Å². The van der Waals surface area contributed by atoms with Crippen molar-refractivity contribution in [3.05, 3.63) is 12.2 Å². The van der Waals surface area contributed by atoms with Crippen LogP contribution in [-0.2, 0) is 14.3 Å². The van der Waals surface area contributed by atoms with Crippen molar-refractivity contribution in [2.45, 2.75) is 123 Å². The summed E-state index contributed by atoms with van der Waals surface area (Å²) in [6.07, 6.45) is 24.9. The smallest absolute Gasteiger partial charge is 0.311 e. The van der Waals surface area contributed by atoms with Crippen LogP contribution >= 0.6 is 0 Å². The lowest BCUT2D eigenvalue weighted by Crippen LogP contribution is -2.27. The number of carbonyl (C=O) groups excluding carboxylic acids is 2. The number of nitrogens with zero attached hydrogens (tertiary/aromatic N) is 1. The number of amides is 1. The van der Waals surface area contributed by atoms with Crippen LogP contribution in [0.15, 0.2) is 12.2 Å². The zero-order valence-corrected chi connectivity index (χ0v) is 20.5. The van der Waals surface area contributed by atoms with Gasteiger partial charge in [0.2, 0.25) is 5.91 Å². The first kappa shape index (κ1) is 27.7. The quantitative estimate of drug-likeness (QED) is 0.115. The van der Waals surface area contributed by atoms with Gasteiger partial charge in [-0.15, -0.1) is 0 Å².